The van der Waals surface area contributed by atoms with Crippen molar-refractivity contribution >= 4 is 11.3 Å². The summed E-state index contributed by atoms with van der Waals surface area (Å²) in [6.07, 6.45) is 2.75. The standard InChI is InChI=1S/C12H19NOS/c1-12(2,3)10(14-4)11-13-9(7-15-11)8-5-6-8/h7-8,10H,5-6H2,1-4H3. The Morgan fingerprint density at radius 3 is 2.60 bits per heavy atom. The quantitative estimate of drug-likeness (QED) is 0.781. The first-order valence-electron chi connectivity index (χ1n) is 5.50. The predicted octanol–water partition coefficient (Wildman–Crippen LogP) is 3.75. The molecule has 1 atom stereocenters. The van der Waals surface area contributed by atoms with E-state index in [0.717, 1.165) is 10.9 Å². The molecule has 1 unspecified atom stereocenters. The molecule has 0 amide bonds. The highest BCUT2D eigenvalue weighted by Gasteiger charge is 2.31. The first-order chi connectivity index (χ1) is 7.02. The van der Waals surface area contributed by atoms with E-state index in [1.807, 2.05) is 0 Å². The van der Waals surface area contributed by atoms with E-state index in [-0.39, 0.29) is 11.5 Å². The Kier molecular flexibility index (Phi) is 2.86. The molecule has 84 valence electrons. The number of hydrogen-bond donors (Lipinski definition) is 0. The Morgan fingerprint density at radius 1 is 1.47 bits per heavy atom. The van der Waals surface area contributed by atoms with E-state index in [9.17, 15) is 0 Å². The zero-order chi connectivity index (χ0) is 11.1. The third kappa shape index (κ3) is 2.40. The first kappa shape index (κ1) is 11.1. The molecule has 1 fully saturated rings. The van der Waals surface area contributed by atoms with Crippen LogP contribution in [0, 0.1) is 5.41 Å². The Labute approximate surface area is 95.7 Å². The van der Waals surface area contributed by atoms with Crippen molar-refractivity contribution in [3.63, 3.8) is 0 Å². The number of hydrogen-bond acceptors (Lipinski definition) is 3. The van der Waals surface area contributed by atoms with Crippen LogP contribution in [-0.2, 0) is 4.74 Å². The second-order valence-electron chi connectivity index (χ2n) is 5.37. The van der Waals surface area contributed by atoms with Gasteiger partial charge in [0.1, 0.15) is 11.1 Å². The maximum absolute atomic E-state index is 5.56. The lowest BCUT2D eigenvalue weighted by molar-refractivity contribution is 0.0149. The van der Waals surface area contributed by atoms with Crippen LogP contribution in [0.2, 0.25) is 0 Å². The highest BCUT2D eigenvalue weighted by molar-refractivity contribution is 7.09. The molecule has 1 aromatic heterocycles. The van der Waals surface area contributed by atoms with Crippen molar-refractivity contribution in [2.24, 2.45) is 5.41 Å². The zero-order valence-electron chi connectivity index (χ0n) is 9.91. The van der Waals surface area contributed by atoms with E-state index in [1.165, 1.54) is 18.5 Å². The van der Waals surface area contributed by atoms with Crippen LogP contribution in [0.4, 0.5) is 0 Å². The zero-order valence-corrected chi connectivity index (χ0v) is 10.7. The molecular weight excluding hydrogens is 206 g/mol. The molecule has 3 heteroatoms. The van der Waals surface area contributed by atoms with Crippen LogP contribution in [0.1, 0.15) is 56.3 Å². The van der Waals surface area contributed by atoms with Crippen LogP contribution in [-0.4, -0.2) is 12.1 Å². The Balaban J connectivity index is 2.18. The van der Waals surface area contributed by atoms with E-state index in [1.54, 1.807) is 18.4 Å². The lowest BCUT2D eigenvalue weighted by Crippen LogP contribution is -2.19. The molecule has 2 rings (SSSR count). The Hall–Kier alpha value is -0.410. The third-order valence-electron chi connectivity index (χ3n) is 2.78. The monoisotopic (exact) mass is 225 g/mol. The van der Waals surface area contributed by atoms with Crippen molar-refractivity contribution in [1.29, 1.82) is 0 Å². The molecule has 0 radical (unpaired) electrons. The molecule has 0 saturated heterocycles. The van der Waals surface area contributed by atoms with Crippen molar-refractivity contribution in [3.05, 3.63) is 16.1 Å². The van der Waals surface area contributed by atoms with Gasteiger partial charge in [-0.15, -0.1) is 11.3 Å². The molecule has 1 saturated carbocycles. The van der Waals surface area contributed by atoms with Crippen molar-refractivity contribution in [2.75, 3.05) is 7.11 Å². The molecular formula is C12H19NOS. The van der Waals surface area contributed by atoms with Crippen LogP contribution >= 0.6 is 11.3 Å². The summed E-state index contributed by atoms with van der Waals surface area (Å²) in [5.74, 6) is 0.743. The molecule has 1 aliphatic carbocycles. The highest BCUT2D eigenvalue weighted by Crippen LogP contribution is 2.43. The summed E-state index contributed by atoms with van der Waals surface area (Å²) in [6, 6.07) is 0. The summed E-state index contributed by atoms with van der Waals surface area (Å²) < 4.78 is 5.56. The fraction of sp³-hybridized carbons (Fsp3) is 0.750. The van der Waals surface area contributed by atoms with Gasteiger partial charge in [0, 0.05) is 18.4 Å². The van der Waals surface area contributed by atoms with Gasteiger partial charge in [0.25, 0.3) is 0 Å². The second kappa shape index (κ2) is 3.87. The fourth-order valence-electron chi connectivity index (χ4n) is 1.81. The lowest BCUT2D eigenvalue weighted by Gasteiger charge is -2.27. The molecule has 0 spiro atoms. The predicted molar refractivity (Wildman–Crippen MR) is 63.3 cm³/mol. The maximum atomic E-state index is 5.56. The molecule has 1 aliphatic rings. The van der Waals surface area contributed by atoms with Crippen molar-refractivity contribution < 1.29 is 4.74 Å². The largest absolute Gasteiger partial charge is 0.374 e. The van der Waals surface area contributed by atoms with Crippen LogP contribution in [0.3, 0.4) is 0 Å². The van der Waals surface area contributed by atoms with Crippen molar-refractivity contribution in [2.45, 2.75) is 45.6 Å². The SMILES string of the molecule is COC(c1nc(C2CC2)cs1)C(C)(C)C. The summed E-state index contributed by atoms with van der Waals surface area (Å²) in [6.45, 7) is 6.58. The molecule has 15 heavy (non-hydrogen) atoms. The number of thiazole rings is 1. The van der Waals surface area contributed by atoms with E-state index in [2.05, 4.69) is 26.2 Å². The van der Waals surface area contributed by atoms with E-state index in [0.29, 0.717) is 0 Å². The van der Waals surface area contributed by atoms with Crippen LogP contribution in [0.25, 0.3) is 0 Å². The number of rotatable bonds is 3. The minimum absolute atomic E-state index is 0.118. The summed E-state index contributed by atoms with van der Waals surface area (Å²) in [5.41, 5.74) is 1.40. The normalized spacial score (nSPS) is 19.2. The van der Waals surface area contributed by atoms with Gasteiger partial charge in [0.05, 0.1) is 5.69 Å². The van der Waals surface area contributed by atoms with Gasteiger partial charge in [-0.25, -0.2) is 4.98 Å². The fourth-order valence-corrected chi connectivity index (χ4v) is 3.03. The number of methoxy groups -OCH3 is 1. The minimum atomic E-state index is 0.118. The number of aromatic nitrogens is 1. The number of nitrogens with zero attached hydrogens (tertiary/aromatic N) is 1. The van der Waals surface area contributed by atoms with E-state index in [4.69, 9.17) is 9.72 Å². The molecule has 0 aromatic carbocycles. The summed E-state index contributed by atoms with van der Waals surface area (Å²) >= 11 is 1.74. The highest BCUT2D eigenvalue weighted by atomic mass is 32.1. The van der Waals surface area contributed by atoms with Crippen molar-refractivity contribution in [1.82, 2.24) is 4.98 Å². The van der Waals surface area contributed by atoms with Crippen molar-refractivity contribution in [3.8, 4) is 0 Å². The number of ether oxygens (including phenoxy) is 1. The molecule has 0 bridgehead atoms. The van der Waals surface area contributed by atoms with Gasteiger partial charge in [-0.1, -0.05) is 20.8 Å². The summed E-state index contributed by atoms with van der Waals surface area (Å²) in [7, 11) is 1.77. The third-order valence-corrected chi connectivity index (χ3v) is 3.69. The second-order valence-corrected chi connectivity index (χ2v) is 6.26. The minimum Gasteiger partial charge on any atom is -0.374 e. The van der Waals surface area contributed by atoms with Crippen LogP contribution < -0.4 is 0 Å². The maximum Gasteiger partial charge on any atom is 0.122 e. The Bertz CT molecular complexity index is 336. The van der Waals surface area contributed by atoms with Gasteiger partial charge in [-0.05, 0) is 18.3 Å². The molecule has 1 aromatic rings. The smallest absolute Gasteiger partial charge is 0.122 e. The van der Waals surface area contributed by atoms with Gasteiger partial charge < -0.3 is 4.74 Å². The van der Waals surface area contributed by atoms with Gasteiger partial charge >= 0.3 is 0 Å². The van der Waals surface area contributed by atoms with Gasteiger partial charge in [-0.3, -0.25) is 0 Å². The molecule has 1 heterocycles. The van der Waals surface area contributed by atoms with Gasteiger partial charge in [0.2, 0.25) is 0 Å². The average Bonchev–Trinajstić information content (AvgIpc) is 2.86. The first-order valence-corrected chi connectivity index (χ1v) is 6.38. The van der Waals surface area contributed by atoms with Gasteiger partial charge in [-0.2, -0.15) is 0 Å². The molecule has 2 nitrogen and oxygen atoms in total. The summed E-state index contributed by atoms with van der Waals surface area (Å²) in [5, 5.41) is 3.33. The van der Waals surface area contributed by atoms with Crippen LogP contribution in [0.15, 0.2) is 5.38 Å². The van der Waals surface area contributed by atoms with Gasteiger partial charge in [0.15, 0.2) is 0 Å². The van der Waals surface area contributed by atoms with E-state index >= 15 is 0 Å². The average molecular weight is 225 g/mol. The molecule has 0 aliphatic heterocycles. The lowest BCUT2D eigenvalue weighted by atomic mass is 9.89. The summed E-state index contributed by atoms with van der Waals surface area (Å²) in [4.78, 5) is 4.70. The Morgan fingerprint density at radius 2 is 2.13 bits per heavy atom. The van der Waals surface area contributed by atoms with E-state index < -0.39 is 0 Å². The molecule has 0 N–H and O–H groups in total. The van der Waals surface area contributed by atoms with Crippen LogP contribution in [0.5, 0.6) is 0 Å². The topological polar surface area (TPSA) is 22.1 Å².